The number of hydrogen-bond acceptors (Lipinski definition) is 3. The van der Waals surface area contributed by atoms with E-state index in [0.29, 0.717) is 12.0 Å². The summed E-state index contributed by atoms with van der Waals surface area (Å²) < 4.78 is 0. The van der Waals surface area contributed by atoms with Gasteiger partial charge in [0.05, 0.1) is 6.07 Å². The number of nitrogens with one attached hydrogen (secondary N) is 1. The van der Waals surface area contributed by atoms with Gasteiger partial charge in [-0.25, -0.2) is 0 Å². The molecular formula is C13H27N3. The van der Waals surface area contributed by atoms with Gasteiger partial charge in [0.2, 0.25) is 0 Å². The molecule has 0 aliphatic carbocycles. The second-order valence-electron chi connectivity index (χ2n) is 5.19. The fraction of sp³-hybridized carbons (Fsp3) is 0.923. The van der Waals surface area contributed by atoms with Gasteiger partial charge in [-0.2, -0.15) is 5.26 Å². The second-order valence-corrected chi connectivity index (χ2v) is 5.19. The van der Waals surface area contributed by atoms with Gasteiger partial charge in [0, 0.05) is 12.6 Å². The monoisotopic (exact) mass is 225 g/mol. The SMILES string of the molecule is CCNC(C)(C#N)CCN(C)C(C)C(C)C. The second kappa shape index (κ2) is 6.88. The molecular weight excluding hydrogens is 198 g/mol. The van der Waals surface area contributed by atoms with Crippen LogP contribution in [-0.2, 0) is 0 Å². The van der Waals surface area contributed by atoms with Crippen LogP contribution in [0, 0.1) is 17.2 Å². The summed E-state index contributed by atoms with van der Waals surface area (Å²) in [4.78, 5) is 2.33. The Labute approximate surface area is 101 Å². The summed E-state index contributed by atoms with van der Waals surface area (Å²) >= 11 is 0. The van der Waals surface area contributed by atoms with E-state index >= 15 is 0 Å². The minimum Gasteiger partial charge on any atom is -0.303 e. The Morgan fingerprint density at radius 2 is 1.94 bits per heavy atom. The van der Waals surface area contributed by atoms with Crippen molar-refractivity contribution in [2.24, 2.45) is 5.92 Å². The first-order chi connectivity index (χ1) is 7.36. The standard InChI is InChI=1S/C13H27N3/c1-7-15-13(5,10-14)8-9-16(6)12(4)11(2)3/h11-12,15H,7-9H2,1-6H3. The van der Waals surface area contributed by atoms with Crippen LogP contribution >= 0.6 is 0 Å². The Kier molecular flexibility index (Phi) is 6.62. The molecule has 16 heavy (non-hydrogen) atoms. The van der Waals surface area contributed by atoms with Crippen LogP contribution in [0.15, 0.2) is 0 Å². The molecule has 0 aromatic rings. The average molecular weight is 225 g/mol. The summed E-state index contributed by atoms with van der Waals surface area (Å²) in [6.07, 6.45) is 0.866. The lowest BCUT2D eigenvalue weighted by Crippen LogP contribution is -2.45. The van der Waals surface area contributed by atoms with E-state index in [1.54, 1.807) is 0 Å². The molecule has 94 valence electrons. The number of nitriles is 1. The summed E-state index contributed by atoms with van der Waals surface area (Å²) in [5.74, 6) is 0.650. The number of nitrogens with zero attached hydrogens (tertiary/aromatic N) is 2. The molecule has 0 aliphatic rings. The van der Waals surface area contributed by atoms with Gasteiger partial charge >= 0.3 is 0 Å². The molecule has 0 aromatic heterocycles. The highest BCUT2D eigenvalue weighted by Crippen LogP contribution is 2.13. The van der Waals surface area contributed by atoms with Gasteiger partial charge in [-0.3, -0.25) is 5.32 Å². The number of hydrogen-bond donors (Lipinski definition) is 1. The van der Waals surface area contributed by atoms with Gasteiger partial charge in [-0.05, 0) is 39.8 Å². The van der Waals surface area contributed by atoms with Crippen molar-refractivity contribution in [2.45, 2.75) is 52.6 Å². The van der Waals surface area contributed by atoms with Gasteiger partial charge in [-0.15, -0.1) is 0 Å². The third-order valence-electron chi connectivity index (χ3n) is 3.44. The maximum Gasteiger partial charge on any atom is 0.105 e. The van der Waals surface area contributed by atoms with Crippen molar-refractivity contribution in [1.82, 2.24) is 10.2 Å². The van der Waals surface area contributed by atoms with E-state index in [2.05, 4.69) is 44.1 Å². The molecule has 2 atom stereocenters. The van der Waals surface area contributed by atoms with Crippen molar-refractivity contribution in [3.8, 4) is 6.07 Å². The highest BCUT2D eigenvalue weighted by atomic mass is 15.1. The quantitative estimate of drug-likeness (QED) is 0.722. The molecule has 2 unspecified atom stereocenters. The zero-order valence-electron chi connectivity index (χ0n) is 11.7. The highest BCUT2D eigenvalue weighted by Gasteiger charge is 2.23. The third-order valence-corrected chi connectivity index (χ3v) is 3.44. The Bertz CT molecular complexity index is 232. The van der Waals surface area contributed by atoms with Crippen molar-refractivity contribution in [3.63, 3.8) is 0 Å². The average Bonchev–Trinajstić information content (AvgIpc) is 2.25. The Morgan fingerprint density at radius 1 is 1.38 bits per heavy atom. The van der Waals surface area contributed by atoms with Crippen LogP contribution in [0.2, 0.25) is 0 Å². The molecule has 0 rings (SSSR count). The summed E-state index contributed by atoms with van der Waals surface area (Å²) in [7, 11) is 2.13. The van der Waals surface area contributed by atoms with Crippen LogP contribution in [0.5, 0.6) is 0 Å². The zero-order chi connectivity index (χ0) is 12.8. The fourth-order valence-corrected chi connectivity index (χ4v) is 1.69. The third kappa shape index (κ3) is 4.96. The predicted molar refractivity (Wildman–Crippen MR) is 69.2 cm³/mol. The lowest BCUT2D eigenvalue weighted by atomic mass is 9.98. The minimum absolute atomic E-state index is 0.389. The molecule has 3 heteroatoms. The number of rotatable bonds is 7. The van der Waals surface area contributed by atoms with Gasteiger partial charge < -0.3 is 4.90 Å². The molecule has 0 heterocycles. The van der Waals surface area contributed by atoms with E-state index in [1.807, 2.05) is 13.8 Å². The molecule has 0 saturated carbocycles. The predicted octanol–water partition coefficient (Wildman–Crippen LogP) is 2.24. The van der Waals surface area contributed by atoms with E-state index < -0.39 is 0 Å². The van der Waals surface area contributed by atoms with Crippen LogP contribution in [0.3, 0.4) is 0 Å². The Hall–Kier alpha value is -0.590. The van der Waals surface area contributed by atoms with Crippen molar-refractivity contribution < 1.29 is 0 Å². The first-order valence-corrected chi connectivity index (χ1v) is 6.22. The van der Waals surface area contributed by atoms with E-state index in [9.17, 15) is 0 Å². The van der Waals surface area contributed by atoms with Gasteiger partial charge in [0.15, 0.2) is 0 Å². The normalized spacial score (nSPS) is 17.2. The molecule has 0 amide bonds. The minimum atomic E-state index is -0.389. The maximum atomic E-state index is 9.15. The lowest BCUT2D eigenvalue weighted by molar-refractivity contribution is 0.192. The lowest BCUT2D eigenvalue weighted by Gasteiger charge is -2.31. The summed E-state index contributed by atoms with van der Waals surface area (Å²) in [5, 5.41) is 12.4. The maximum absolute atomic E-state index is 9.15. The molecule has 0 spiro atoms. The Morgan fingerprint density at radius 3 is 2.31 bits per heavy atom. The van der Waals surface area contributed by atoms with Crippen LogP contribution in [0.1, 0.15) is 41.0 Å². The van der Waals surface area contributed by atoms with Gasteiger partial charge in [0.1, 0.15) is 5.54 Å². The molecule has 0 saturated heterocycles. The smallest absolute Gasteiger partial charge is 0.105 e. The summed E-state index contributed by atoms with van der Waals surface area (Å²) in [5.41, 5.74) is -0.389. The fourth-order valence-electron chi connectivity index (χ4n) is 1.69. The summed E-state index contributed by atoms with van der Waals surface area (Å²) in [6.45, 7) is 12.5. The molecule has 0 aliphatic heterocycles. The van der Waals surface area contributed by atoms with Gasteiger partial charge in [-0.1, -0.05) is 20.8 Å². The van der Waals surface area contributed by atoms with E-state index in [1.165, 1.54) is 0 Å². The molecule has 1 N–H and O–H groups in total. The van der Waals surface area contributed by atoms with E-state index in [-0.39, 0.29) is 5.54 Å². The van der Waals surface area contributed by atoms with Crippen LogP contribution in [0.25, 0.3) is 0 Å². The van der Waals surface area contributed by atoms with Crippen molar-refractivity contribution in [3.05, 3.63) is 0 Å². The van der Waals surface area contributed by atoms with Gasteiger partial charge in [0.25, 0.3) is 0 Å². The first-order valence-electron chi connectivity index (χ1n) is 6.22. The van der Waals surface area contributed by atoms with Crippen LogP contribution < -0.4 is 5.32 Å². The highest BCUT2D eigenvalue weighted by molar-refractivity contribution is 5.03. The molecule has 0 fully saturated rings. The first kappa shape index (κ1) is 15.4. The van der Waals surface area contributed by atoms with Crippen molar-refractivity contribution in [1.29, 1.82) is 5.26 Å². The van der Waals surface area contributed by atoms with Crippen LogP contribution in [0.4, 0.5) is 0 Å². The molecule has 0 aromatic carbocycles. The van der Waals surface area contributed by atoms with Crippen LogP contribution in [-0.4, -0.2) is 36.6 Å². The Balaban J connectivity index is 4.17. The molecule has 0 radical (unpaired) electrons. The van der Waals surface area contributed by atoms with E-state index in [4.69, 9.17) is 5.26 Å². The summed E-state index contributed by atoms with van der Waals surface area (Å²) in [6, 6.07) is 2.92. The van der Waals surface area contributed by atoms with E-state index in [0.717, 1.165) is 19.5 Å². The van der Waals surface area contributed by atoms with Crippen molar-refractivity contribution >= 4 is 0 Å². The zero-order valence-corrected chi connectivity index (χ0v) is 11.7. The topological polar surface area (TPSA) is 39.1 Å². The van der Waals surface area contributed by atoms with Crippen molar-refractivity contribution in [2.75, 3.05) is 20.1 Å². The molecule has 0 bridgehead atoms. The molecule has 3 nitrogen and oxygen atoms in total. The largest absolute Gasteiger partial charge is 0.303 e.